The zero-order valence-corrected chi connectivity index (χ0v) is 7.26. The third-order valence-electron chi connectivity index (χ3n) is 1.48. The van der Waals surface area contributed by atoms with E-state index in [1.165, 1.54) is 12.5 Å². The van der Waals surface area contributed by atoms with E-state index in [1.807, 2.05) is 0 Å². The fraction of sp³-hybridized carbons (Fsp3) is 0. The molecule has 1 aliphatic heterocycles. The van der Waals surface area contributed by atoms with Gasteiger partial charge in [0.15, 0.2) is 0 Å². The minimum atomic E-state index is -0.351. The van der Waals surface area contributed by atoms with Crippen LogP contribution in [0.5, 0.6) is 0 Å². The Balaban J connectivity index is 2.27. The van der Waals surface area contributed by atoms with Crippen LogP contribution in [-0.4, -0.2) is 11.1 Å². The molecule has 1 aromatic rings. The number of carbonyl (C=O) groups excluding carboxylic acids is 2. The van der Waals surface area contributed by atoms with Crippen LogP contribution in [0.3, 0.4) is 0 Å². The number of rotatable bonds is 1. The van der Waals surface area contributed by atoms with E-state index in [2.05, 4.69) is 5.32 Å². The standard InChI is InChI=1S/C8H5NO3S/c10-7-6(13-8(11)9-7)3-5-1-2-12-4-5/h1-4H,(H,9,10,11). The quantitative estimate of drug-likeness (QED) is 0.691. The second-order valence-corrected chi connectivity index (χ2v) is 3.42. The number of thioether (sulfide) groups is 1. The molecule has 0 aliphatic carbocycles. The largest absolute Gasteiger partial charge is 0.472 e. The summed E-state index contributed by atoms with van der Waals surface area (Å²) in [7, 11) is 0. The highest BCUT2D eigenvalue weighted by molar-refractivity contribution is 8.18. The second kappa shape index (κ2) is 3.10. The summed E-state index contributed by atoms with van der Waals surface area (Å²) in [5.41, 5.74) is 0.771. The minimum absolute atomic E-state index is 0.334. The highest BCUT2D eigenvalue weighted by atomic mass is 32.2. The van der Waals surface area contributed by atoms with E-state index < -0.39 is 0 Å². The Hall–Kier alpha value is -1.49. The van der Waals surface area contributed by atoms with Crippen LogP contribution >= 0.6 is 11.8 Å². The minimum Gasteiger partial charge on any atom is -0.472 e. The molecule has 0 saturated carbocycles. The van der Waals surface area contributed by atoms with Crippen molar-refractivity contribution in [2.75, 3.05) is 0 Å². The summed E-state index contributed by atoms with van der Waals surface area (Å²) in [4.78, 5) is 22.2. The topological polar surface area (TPSA) is 59.3 Å². The lowest BCUT2D eigenvalue weighted by Crippen LogP contribution is -2.17. The normalized spacial score (nSPS) is 19.5. The monoisotopic (exact) mass is 195 g/mol. The van der Waals surface area contributed by atoms with Gasteiger partial charge < -0.3 is 4.42 Å². The van der Waals surface area contributed by atoms with Gasteiger partial charge in [-0.3, -0.25) is 14.9 Å². The van der Waals surface area contributed by atoms with Crippen LogP contribution < -0.4 is 5.32 Å². The number of amides is 2. The zero-order chi connectivity index (χ0) is 9.26. The molecule has 0 bridgehead atoms. The molecule has 2 heterocycles. The van der Waals surface area contributed by atoms with Gasteiger partial charge in [-0.2, -0.15) is 0 Å². The van der Waals surface area contributed by atoms with E-state index in [9.17, 15) is 9.59 Å². The highest BCUT2D eigenvalue weighted by Crippen LogP contribution is 2.25. The van der Waals surface area contributed by atoms with Gasteiger partial charge in [0, 0.05) is 5.56 Å². The van der Waals surface area contributed by atoms with Crippen LogP contribution in [0.1, 0.15) is 5.56 Å². The van der Waals surface area contributed by atoms with E-state index in [-0.39, 0.29) is 11.1 Å². The van der Waals surface area contributed by atoms with E-state index in [0.29, 0.717) is 4.91 Å². The van der Waals surface area contributed by atoms with Gasteiger partial charge in [0.25, 0.3) is 11.1 Å². The van der Waals surface area contributed by atoms with E-state index in [4.69, 9.17) is 4.42 Å². The van der Waals surface area contributed by atoms with E-state index >= 15 is 0 Å². The first kappa shape index (κ1) is 8.12. The molecule has 1 fully saturated rings. The maximum absolute atomic E-state index is 11.1. The third kappa shape index (κ3) is 1.65. The van der Waals surface area contributed by atoms with Crippen LogP contribution in [0.4, 0.5) is 4.79 Å². The second-order valence-electron chi connectivity index (χ2n) is 2.41. The molecule has 0 spiro atoms. The van der Waals surface area contributed by atoms with Crippen molar-refractivity contribution in [3.05, 3.63) is 29.1 Å². The van der Waals surface area contributed by atoms with Crippen LogP contribution in [0.25, 0.3) is 6.08 Å². The van der Waals surface area contributed by atoms with Gasteiger partial charge in [-0.25, -0.2) is 0 Å². The number of hydrogen-bond donors (Lipinski definition) is 1. The summed E-state index contributed by atoms with van der Waals surface area (Å²) in [6.07, 6.45) is 4.61. The van der Waals surface area contributed by atoms with Crippen LogP contribution in [-0.2, 0) is 4.79 Å². The molecule has 0 unspecified atom stereocenters. The SMILES string of the molecule is O=C1NC(=O)C(=Cc2ccoc2)S1. The Morgan fingerprint density at radius 1 is 1.46 bits per heavy atom. The van der Waals surface area contributed by atoms with Crippen LogP contribution in [0.2, 0.25) is 0 Å². The van der Waals surface area contributed by atoms with Gasteiger partial charge in [-0.15, -0.1) is 0 Å². The van der Waals surface area contributed by atoms with Gasteiger partial charge in [-0.1, -0.05) is 0 Å². The summed E-state index contributed by atoms with van der Waals surface area (Å²) >= 11 is 0.892. The Labute approximate surface area is 78.0 Å². The molecule has 2 amide bonds. The lowest BCUT2D eigenvalue weighted by atomic mass is 10.3. The molecule has 13 heavy (non-hydrogen) atoms. The molecule has 1 aliphatic rings. The highest BCUT2D eigenvalue weighted by Gasteiger charge is 2.24. The van der Waals surface area contributed by atoms with Gasteiger partial charge in [0.1, 0.15) is 0 Å². The molecule has 5 heteroatoms. The average Bonchev–Trinajstić information content (AvgIpc) is 2.63. The first-order valence-electron chi connectivity index (χ1n) is 3.53. The predicted molar refractivity (Wildman–Crippen MR) is 47.8 cm³/mol. The number of carbonyl (C=O) groups is 2. The van der Waals surface area contributed by atoms with Crippen molar-refractivity contribution in [3.63, 3.8) is 0 Å². The Kier molecular flexibility index (Phi) is 1.94. The number of nitrogens with one attached hydrogen (secondary N) is 1. The molecule has 66 valence electrons. The molecular weight excluding hydrogens is 190 g/mol. The fourth-order valence-electron chi connectivity index (χ4n) is 0.930. The average molecular weight is 195 g/mol. The summed E-state index contributed by atoms with van der Waals surface area (Å²) in [5.74, 6) is -0.351. The van der Waals surface area contributed by atoms with Crippen LogP contribution in [0, 0.1) is 0 Å². The zero-order valence-electron chi connectivity index (χ0n) is 6.44. The van der Waals surface area contributed by atoms with E-state index in [0.717, 1.165) is 17.3 Å². The third-order valence-corrected chi connectivity index (χ3v) is 2.29. The Bertz CT molecular complexity index is 380. The Morgan fingerprint density at radius 2 is 2.31 bits per heavy atom. The molecule has 0 atom stereocenters. The molecule has 0 aromatic carbocycles. The summed E-state index contributed by atoms with van der Waals surface area (Å²) < 4.78 is 4.82. The van der Waals surface area contributed by atoms with Gasteiger partial charge in [0.05, 0.1) is 17.4 Å². The fourth-order valence-corrected chi connectivity index (χ4v) is 1.61. The van der Waals surface area contributed by atoms with Crippen molar-refractivity contribution in [3.8, 4) is 0 Å². The van der Waals surface area contributed by atoms with Gasteiger partial charge in [0.2, 0.25) is 0 Å². The number of hydrogen-bond acceptors (Lipinski definition) is 4. The smallest absolute Gasteiger partial charge is 0.290 e. The lowest BCUT2D eigenvalue weighted by molar-refractivity contribution is -0.115. The maximum atomic E-state index is 11.1. The molecule has 4 nitrogen and oxygen atoms in total. The molecule has 0 radical (unpaired) electrons. The molecule has 2 rings (SSSR count). The van der Waals surface area contributed by atoms with Crippen molar-refractivity contribution in [1.29, 1.82) is 0 Å². The molecule has 1 saturated heterocycles. The van der Waals surface area contributed by atoms with Crippen molar-refractivity contribution in [2.45, 2.75) is 0 Å². The van der Waals surface area contributed by atoms with Crippen molar-refractivity contribution < 1.29 is 14.0 Å². The molecule has 1 N–H and O–H groups in total. The van der Waals surface area contributed by atoms with Crippen molar-refractivity contribution in [2.24, 2.45) is 0 Å². The summed E-state index contributed by atoms with van der Waals surface area (Å²) in [5, 5.41) is 1.83. The molecular formula is C8H5NO3S. The van der Waals surface area contributed by atoms with Gasteiger partial charge in [-0.05, 0) is 23.9 Å². The lowest BCUT2D eigenvalue weighted by Gasteiger charge is -1.86. The van der Waals surface area contributed by atoms with E-state index in [1.54, 1.807) is 12.1 Å². The van der Waals surface area contributed by atoms with Crippen molar-refractivity contribution >= 4 is 29.0 Å². The molecule has 1 aromatic heterocycles. The van der Waals surface area contributed by atoms with Crippen LogP contribution in [0.15, 0.2) is 27.9 Å². The summed E-state index contributed by atoms with van der Waals surface area (Å²) in [6, 6.07) is 1.71. The Morgan fingerprint density at radius 3 is 2.85 bits per heavy atom. The number of furan rings is 1. The summed E-state index contributed by atoms with van der Waals surface area (Å²) in [6.45, 7) is 0. The predicted octanol–water partition coefficient (Wildman–Crippen LogP) is 1.60. The number of imide groups is 1. The first-order valence-corrected chi connectivity index (χ1v) is 4.34. The first-order chi connectivity index (χ1) is 6.25. The van der Waals surface area contributed by atoms with Gasteiger partial charge >= 0.3 is 0 Å². The van der Waals surface area contributed by atoms with Crippen molar-refractivity contribution in [1.82, 2.24) is 5.32 Å². The maximum Gasteiger partial charge on any atom is 0.290 e.